The Morgan fingerprint density at radius 1 is 1.23 bits per heavy atom. The molecule has 2 aromatic rings. The van der Waals surface area contributed by atoms with E-state index >= 15 is 0 Å². The van der Waals surface area contributed by atoms with E-state index in [-0.39, 0.29) is 11.3 Å². The van der Waals surface area contributed by atoms with Crippen LogP contribution in [0.25, 0.3) is 0 Å². The molecule has 0 aliphatic rings. The Hall–Kier alpha value is -2.37. The molecule has 0 spiro atoms. The standard InChI is InChI=1S/C16H15F3N2O/c1-11-4-2-3-5-12(11)6-7-14(21-22)13-8-9-20-15(10-13)16(17,18)19/h2-5,8-10,22H,6-7H2,1H3. The van der Waals surface area contributed by atoms with Gasteiger partial charge in [-0.25, -0.2) is 0 Å². The number of aromatic nitrogens is 1. The minimum atomic E-state index is -4.52. The average Bonchev–Trinajstić information content (AvgIpc) is 2.49. The maximum atomic E-state index is 12.7. The summed E-state index contributed by atoms with van der Waals surface area (Å²) in [4.78, 5) is 3.30. The van der Waals surface area contributed by atoms with Gasteiger partial charge in [-0.15, -0.1) is 0 Å². The van der Waals surface area contributed by atoms with Crippen molar-refractivity contribution in [2.75, 3.05) is 0 Å². The Labute approximate surface area is 126 Å². The second-order valence-electron chi connectivity index (χ2n) is 4.90. The molecule has 0 aliphatic heterocycles. The third kappa shape index (κ3) is 3.84. The molecule has 6 heteroatoms. The zero-order valence-electron chi connectivity index (χ0n) is 11.9. The molecule has 22 heavy (non-hydrogen) atoms. The van der Waals surface area contributed by atoms with Crippen LogP contribution in [0.4, 0.5) is 13.2 Å². The van der Waals surface area contributed by atoms with Crippen LogP contribution < -0.4 is 0 Å². The van der Waals surface area contributed by atoms with Gasteiger partial charge in [0.25, 0.3) is 0 Å². The number of rotatable bonds is 4. The number of hydrogen-bond donors (Lipinski definition) is 1. The third-order valence-corrected chi connectivity index (χ3v) is 3.40. The van der Waals surface area contributed by atoms with E-state index in [1.165, 1.54) is 6.07 Å². The molecular weight excluding hydrogens is 293 g/mol. The van der Waals surface area contributed by atoms with Crippen LogP contribution in [-0.2, 0) is 12.6 Å². The summed E-state index contributed by atoms with van der Waals surface area (Å²) < 4.78 is 38.0. The van der Waals surface area contributed by atoms with Gasteiger partial charge in [-0.1, -0.05) is 29.4 Å². The van der Waals surface area contributed by atoms with Crippen LogP contribution >= 0.6 is 0 Å². The normalized spacial score (nSPS) is 12.5. The largest absolute Gasteiger partial charge is 0.433 e. The van der Waals surface area contributed by atoms with Crippen molar-refractivity contribution in [3.05, 3.63) is 65.0 Å². The van der Waals surface area contributed by atoms with Gasteiger partial charge in [0, 0.05) is 11.8 Å². The molecule has 1 aromatic carbocycles. The molecule has 116 valence electrons. The predicted octanol–water partition coefficient (Wildman–Crippen LogP) is 4.22. The molecule has 0 amide bonds. The lowest BCUT2D eigenvalue weighted by Crippen LogP contribution is -2.11. The maximum absolute atomic E-state index is 12.7. The predicted molar refractivity (Wildman–Crippen MR) is 77.1 cm³/mol. The van der Waals surface area contributed by atoms with Gasteiger partial charge >= 0.3 is 6.18 Å². The Bertz CT molecular complexity index is 681. The van der Waals surface area contributed by atoms with Gasteiger partial charge in [0.05, 0.1) is 5.71 Å². The average molecular weight is 308 g/mol. The first-order valence-electron chi connectivity index (χ1n) is 6.71. The van der Waals surface area contributed by atoms with Gasteiger partial charge in [-0.3, -0.25) is 4.98 Å². The quantitative estimate of drug-likeness (QED) is 0.522. The van der Waals surface area contributed by atoms with Crippen LogP contribution in [-0.4, -0.2) is 15.9 Å². The van der Waals surface area contributed by atoms with Crippen molar-refractivity contribution in [1.29, 1.82) is 0 Å². The second-order valence-corrected chi connectivity index (χ2v) is 4.90. The summed E-state index contributed by atoms with van der Waals surface area (Å²) in [5, 5.41) is 12.3. The Kier molecular flexibility index (Phi) is 4.80. The van der Waals surface area contributed by atoms with E-state index in [0.717, 1.165) is 23.4 Å². The zero-order valence-corrected chi connectivity index (χ0v) is 11.9. The van der Waals surface area contributed by atoms with Crippen molar-refractivity contribution >= 4 is 5.71 Å². The van der Waals surface area contributed by atoms with E-state index in [2.05, 4.69) is 10.1 Å². The lowest BCUT2D eigenvalue weighted by Gasteiger charge is -2.10. The molecule has 0 unspecified atom stereocenters. The molecule has 0 aliphatic carbocycles. The summed E-state index contributed by atoms with van der Waals surface area (Å²) in [6.07, 6.45) is -2.54. The van der Waals surface area contributed by atoms with Crippen molar-refractivity contribution in [3.63, 3.8) is 0 Å². The Morgan fingerprint density at radius 3 is 2.59 bits per heavy atom. The van der Waals surface area contributed by atoms with Crippen LogP contribution in [0.5, 0.6) is 0 Å². The number of pyridine rings is 1. The highest BCUT2D eigenvalue weighted by atomic mass is 19.4. The Balaban J connectivity index is 2.18. The minimum absolute atomic E-state index is 0.205. The molecule has 0 fully saturated rings. The number of alkyl halides is 3. The Morgan fingerprint density at radius 2 is 1.95 bits per heavy atom. The SMILES string of the molecule is Cc1ccccc1CCC(=NO)c1ccnc(C(F)(F)F)c1. The molecule has 0 saturated carbocycles. The lowest BCUT2D eigenvalue weighted by atomic mass is 9.99. The summed E-state index contributed by atoms with van der Waals surface area (Å²) >= 11 is 0. The summed E-state index contributed by atoms with van der Waals surface area (Å²) in [5.74, 6) is 0. The van der Waals surface area contributed by atoms with E-state index in [1.54, 1.807) is 0 Å². The van der Waals surface area contributed by atoms with Gasteiger partial charge < -0.3 is 5.21 Å². The van der Waals surface area contributed by atoms with E-state index in [4.69, 9.17) is 5.21 Å². The fourth-order valence-corrected chi connectivity index (χ4v) is 2.16. The molecule has 3 nitrogen and oxygen atoms in total. The fourth-order valence-electron chi connectivity index (χ4n) is 2.16. The minimum Gasteiger partial charge on any atom is -0.411 e. The van der Waals surface area contributed by atoms with Crippen molar-refractivity contribution in [2.24, 2.45) is 5.16 Å². The number of aryl methyl sites for hydroxylation is 2. The van der Waals surface area contributed by atoms with Crippen LogP contribution in [0.15, 0.2) is 47.8 Å². The molecule has 1 heterocycles. The lowest BCUT2D eigenvalue weighted by molar-refractivity contribution is -0.141. The van der Waals surface area contributed by atoms with Crippen molar-refractivity contribution in [2.45, 2.75) is 25.9 Å². The van der Waals surface area contributed by atoms with Crippen LogP contribution in [0, 0.1) is 6.92 Å². The van der Waals surface area contributed by atoms with E-state index in [9.17, 15) is 13.2 Å². The highest BCUT2D eigenvalue weighted by molar-refractivity contribution is 6.00. The van der Waals surface area contributed by atoms with Gasteiger partial charge in [-0.2, -0.15) is 13.2 Å². The maximum Gasteiger partial charge on any atom is 0.433 e. The van der Waals surface area contributed by atoms with Crippen LogP contribution in [0.1, 0.15) is 28.8 Å². The monoisotopic (exact) mass is 308 g/mol. The molecule has 0 bridgehead atoms. The van der Waals surface area contributed by atoms with E-state index < -0.39 is 11.9 Å². The summed E-state index contributed by atoms with van der Waals surface area (Å²) in [6.45, 7) is 1.96. The molecule has 1 N–H and O–H groups in total. The molecule has 2 rings (SSSR count). The fraction of sp³-hybridized carbons (Fsp3) is 0.250. The smallest absolute Gasteiger partial charge is 0.411 e. The van der Waals surface area contributed by atoms with Crippen molar-refractivity contribution in [3.8, 4) is 0 Å². The molecule has 1 aromatic heterocycles. The van der Waals surface area contributed by atoms with Gasteiger partial charge in [-0.05, 0) is 43.0 Å². The molecule has 0 saturated heterocycles. The number of benzene rings is 1. The highest BCUT2D eigenvalue weighted by Crippen LogP contribution is 2.28. The third-order valence-electron chi connectivity index (χ3n) is 3.40. The van der Waals surface area contributed by atoms with E-state index in [1.807, 2.05) is 31.2 Å². The van der Waals surface area contributed by atoms with Gasteiger partial charge in [0.2, 0.25) is 0 Å². The van der Waals surface area contributed by atoms with Crippen molar-refractivity contribution < 1.29 is 18.4 Å². The topological polar surface area (TPSA) is 45.5 Å². The highest BCUT2D eigenvalue weighted by Gasteiger charge is 2.32. The number of halogens is 3. The zero-order chi connectivity index (χ0) is 16.2. The summed E-state index contributed by atoms with van der Waals surface area (Å²) in [5.41, 5.74) is 1.58. The van der Waals surface area contributed by atoms with Gasteiger partial charge in [0.1, 0.15) is 5.69 Å². The first-order valence-corrected chi connectivity index (χ1v) is 6.71. The van der Waals surface area contributed by atoms with Crippen LogP contribution in [0.3, 0.4) is 0 Å². The molecule has 0 atom stereocenters. The van der Waals surface area contributed by atoms with Crippen molar-refractivity contribution in [1.82, 2.24) is 4.98 Å². The van der Waals surface area contributed by atoms with Crippen LogP contribution in [0.2, 0.25) is 0 Å². The van der Waals surface area contributed by atoms with E-state index in [0.29, 0.717) is 12.8 Å². The first-order chi connectivity index (χ1) is 10.4. The molecular formula is C16H15F3N2O. The summed E-state index contributed by atoms with van der Waals surface area (Å²) in [7, 11) is 0. The van der Waals surface area contributed by atoms with Gasteiger partial charge in [0.15, 0.2) is 0 Å². The summed E-state index contributed by atoms with van der Waals surface area (Å²) in [6, 6.07) is 10.0. The number of hydrogen-bond acceptors (Lipinski definition) is 3. The number of nitrogens with zero attached hydrogens (tertiary/aromatic N) is 2. The first kappa shape index (κ1) is 16.0. The number of oxime groups is 1. The second kappa shape index (κ2) is 6.60. The molecule has 0 radical (unpaired) electrons.